The zero-order valence-corrected chi connectivity index (χ0v) is 22.8. The Labute approximate surface area is 217 Å². The van der Waals surface area contributed by atoms with Gasteiger partial charge in [-0.3, -0.25) is 14.5 Å². The minimum atomic E-state index is -2.36. The summed E-state index contributed by atoms with van der Waals surface area (Å²) >= 11 is 0. The number of fused-ring (bicyclic) bond motifs is 1. The van der Waals surface area contributed by atoms with E-state index in [1.807, 2.05) is 24.3 Å². The monoisotopic (exact) mass is 694 g/mol. The van der Waals surface area contributed by atoms with Gasteiger partial charge >= 0.3 is 5.69 Å². The Morgan fingerprint density at radius 3 is 2.59 bits per heavy atom. The molecule has 34 heavy (non-hydrogen) atoms. The van der Waals surface area contributed by atoms with E-state index in [-0.39, 0.29) is 45.1 Å². The van der Waals surface area contributed by atoms with Gasteiger partial charge in [0, 0.05) is 55.3 Å². The predicted molar refractivity (Wildman–Crippen MR) is 122 cm³/mol. The Kier molecular flexibility index (Phi) is 9.70. The van der Waals surface area contributed by atoms with E-state index in [1.165, 1.54) is 10.9 Å². The summed E-state index contributed by atoms with van der Waals surface area (Å²) in [7, 11) is 1.79. The number of H-pyrrole nitrogens is 2. The maximum Gasteiger partial charge on any atom is 0.325 e. The molecular formula is C22H24F2N7O2U-. The predicted octanol–water partition coefficient (Wildman–Crippen LogP) is 3.19. The third-order valence-corrected chi connectivity index (χ3v) is 5.03. The normalized spacial score (nSPS) is 12.4. The molecule has 3 N–H and O–H groups in total. The molecule has 178 valence electrons. The van der Waals surface area contributed by atoms with Gasteiger partial charge in [0.05, 0.1) is 17.3 Å². The maximum absolute atomic E-state index is 12.1. The van der Waals surface area contributed by atoms with Gasteiger partial charge in [-0.1, -0.05) is 18.2 Å². The molecule has 1 aromatic carbocycles. The molecule has 0 aliphatic heterocycles. The van der Waals surface area contributed by atoms with Gasteiger partial charge in [0.2, 0.25) is 0 Å². The van der Waals surface area contributed by atoms with Crippen molar-refractivity contribution < 1.29 is 39.9 Å². The number of hydrogen-bond donors (Lipinski definition) is 3. The van der Waals surface area contributed by atoms with Crippen LogP contribution in [0.4, 0.5) is 14.6 Å². The average Bonchev–Trinajstić information content (AvgIpc) is 3.55. The Bertz CT molecular complexity index is 1350. The molecule has 12 heteroatoms. The molecule has 0 unspecified atom stereocenters. The molecule has 3 aromatic heterocycles. The number of hydrogen-bond acceptors (Lipinski definition) is 6. The van der Waals surface area contributed by atoms with Crippen molar-refractivity contribution in [3.63, 3.8) is 0 Å². The Hall–Kier alpha value is -2.84. The van der Waals surface area contributed by atoms with Gasteiger partial charge in [0.25, 0.3) is 12.0 Å². The van der Waals surface area contributed by atoms with Crippen LogP contribution in [0.2, 0.25) is 0 Å². The molecule has 1 aliphatic rings. The molecule has 3 heterocycles. The van der Waals surface area contributed by atoms with E-state index in [0.717, 1.165) is 35.1 Å². The number of anilines is 1. The average molecular weight is 695 g/mol. The molecule has 0 bridgehead atoms. The van der Waals surface area contributed by atoms with Crippen LogP contribution in [0.15, 0.2) is 52.3 Å². The van der Waals surface area contributed by atoms with Crippen LogP contribution in [0, 0.1) is 38.5 Å². The Morgan fingerprint density at radius 1 is 1.21 bits per heavy atom. The van der Waals surface area contributed by atoms with Crippen LogP contribution in [0.25, 0.3) is 22.2 Å². The minimum Gasteiger partial charge on any atom is -0.371 e. The molecule has 0 atom stereocenters. The van der Waals surface area contributed by atoms with Gasteiger partial charge in [-0.05, 0) is 30.9 Å². The van der Waals surface area contributed by atoms with E-state index in [4.69, 9.17) is 0 Å². The third-order valence-electron chi connectivity index (χ3n) is 5.03. The van der Waals surface area contributed by atoms with Crippen molar-refractivity contribution >= 4 is 16.7 Å². The smallest absolute Gasteiger partial charge is 0.325 e. The summed E-state index contributed by atoms with van der Waals surface area (Å²) < 4.78 is 25.4. The minimum absolute atomic E-state index is 0. The van der Waals surface area contributed by atoms with Crippen LogP contribution in [-0.2, 0) is 6.54 Å². The first kappa shape index (κ1) is 27.4. The van der Waals surface area contributed by atoms with E-state index in [0.29, 0.717) is 17.2 Å². The first-order valence-corrected chi connectivity index (χ1v) is 10.0. The number of nitrogens with one attached hydrogen (secondary N) is 3. The fourth-order valence-electron chi connectivity index (χ4n) is 3.34. The SMILES string of the molecule is CNc1nnc(-c2c[nH]c(=O)[nH]c2=O)cc1C1CC1.FC(F)Cn1ncc2ccccc21.[CH3-].[U]. The molecule has 0 radical (unpaired) electrons. The van der Waals surface area contributed by atoms with Crippen molar-refractivity contribution in [3.05, 3.63) is 76.6 Å². The quantitative estimate of drug-likeness (QED) is 0.276. The van der Waals surface area contributed by atoms with Gasteiger partial charge in [0.1, 0.15) is 12.2 Å². The number of benzene rings is 1. The fourth-order valence-corrected chi connectivity index (χ4v) is 3.34. The first-order valence-electron chi connectivity index (χ1n) is 10.0. The second-order valence-electron chi connectivity index (χ2n) is 7.32. The van der Waals surface area contributed by atoms with Crippen molar-refractivity contribution in [3.8, 4) is 11.3 Å². The number of nitrogens with zero attached hydrogens (tertiary/aromatic N) is 4. The van der Waals surface area contributed by atoms with Crippen LogP contribution in [0.1, 0.15) is 24.3 Å². The van der Waals surface area contributed by atoms with Crippen molar-refractivity contribution in [1.82, 2.24) is 29.9 Å². The molecule has 4 aromatic rings. The summed E-state index contributed by atoms with van der Waals surface area (Å²) in [4.78, 5) is 27.4. The van der Waals surface area contributed by atoms with Crippen molar-refractivity contribution in [2.24, 2.45) is 0 Å². The number of halogens is 2. The fraction of sp³-hybridized carbons (Fsp3) is 0.273. The van der Waals surface area contributed by atoms with Gasteiger partial charge in [-0.25, -0.2) is 13.6 Å². The van der Waals surface area contributed by atoms with Gasteiger partial charge in [-0.15, -0.1) is 10.2 Å². The van der Waals surface area contributed by atoms with E-state index in [9.17, 15) is 18.4 Å². The molecule has 1 aliphatic carbocycles. The van der Waals surface area contributed by atoms with E-state index in [1.54, 1.807) is 19.3 Å². The number of rotatable bonds is 5. The number of aromatic nitrogens is 6. The first-order chi connectivity index (χ1) is 15.5. The molecule has 1 saturated carbocycles. The van der Waals surface area contributed by atoms with E-state index < -0.39 is 17.7 Å². The molecule has 9 nitrogen and oxygen atoms in total. The maximum atomic E-state index is 12.1. The Balaban J connectivity index is 0.000000241. The van der Waals surface area contributed by atoms with E-state index >= 15 is 0 Å². The molecule has 0 spiro atoms. The summed E-state index contributed by atoms with van der Waals surface area (Å²) in [5, 5.41) is 15.9. The van der Waals surface area contributed by atoms with Crippen LogP contribution in [-0.4, -0.2) is 43.4 Å². The van der Waals surface area contributed by atoms with Crippen molar-refractivity contribution in [2.75, 3.05) is 12.4 Å². The summed E-state index contributed by atoms with van der Waals surface area (Å²) in [6.45, 7) is -0.340. The van der Waals surface area contributed by atoms with Gasteiger partial charge < -0.3 is 17.7 Å². The summed E-state index contributed by atoms with van der Waals surface area (Å²) in [6, 6.07) is 9.16. The summed E-state index contributed by atoms with van der Waals surface area (Å²) in [5.41, 5.74) is 1.61. The van der Waals surface area contributed by atoms with Crippen molar-refractivity contribution in [1.29, 1.82) is 0 Å². The molecule has 1 fully saturated rings. The second kappa shape index (κ2) is 12.0. The van der Waals surface area contributed by atoms with Crippen LogP contribution in [0.3, 0.4) is 0 Å². The standard InChI is InChI=1S/C12H13N5O2.C9H8F2N2.CH3.U/c1-13-10-7(6-2-3-6)4-9(16-17-10)8-5-14-12(19)15-11(8)18;10-9(11)6-13-8-4-2-1-3-7(8)5-12-13;;/h4-6H,2-3H2,1H3,(H,13,17)(H2,14,15,18,19);1-5,9H,6H2;1H3;/q;;-1;. The third kappa shape index (κ3) is 6.39. The zero-order valence-electron chi connectivity index (χ0n) is 18.7. The molecule has 0 amide bonds. The number of para-hydroxylation sites is 1. The van der Waals surface area contributed by atoms with Crippen LogP contribution in [0.5, 0.6) is 0 Å². The number of alkyl halides is 2. The Morgan fingerprint density at radius 2 is 1.94 bits per heavy atom. The van der Waals surface area contributed by atoms with Crippen molar-refractivity contribution in [2.45, 2.75) is 31.7 Å². The second-order valence-corrected chi connectivity index (χ2v) is 7.32. The summed E-state index contributed by atoms with van der Waals surface area (Å²) in [6.07, 6.45) is 2.85. The number of aromatic amines is 2. The van der Waals surface area contributed by atoms with Gasteiger partial charge in [-0.2, -0.15) is 5.10 Å². The van der Waals surface area contributed by atoms with Crippen LogP contribution >= 0.6 is 0 Å². The van der Waals surface area contributed by atoms with Gasteiger partial charge in [0.15, 0.2) is 5.82 Å². The summed E-state index contributed by atoms with van der Waals surface area (Å²) in [5.74, 6) is 1.23. The largest absolute Gasteiger partial charge is 0.371 e. The molecular weight excluding hydrogens is 670 g/mol. The molecule has 5 rings (SSSR count). The topological polar surface area (TPSA) is 121 Å². The van der Waals surface area contributed by atoms with E-state index in [2.05, 4.69) is 30.6 Å². The molecule has 0 saturated heterocycles. The van der Waals surface area contributed by atoms with Crippen LogP contribution < -0.4 is 16.6 Å². The zero-order chi connectivity index (χ0) is 22.7.